The largest absolute Gasteiger partial charge is 0.394 e. The Morgan fingerprint density at radius 3 is 1.79 bits per heavy atom. The fourth-order valence-electron chi connectivity index (χ4n) is 2.72. The summed E-state index contributed by atoms with van der Waals surface area (Å²) in [5.41, 5.74) is 0. The highest BCUT2D eigenvalue weighted by atomic mass is 16.5. The molecule has 0 heterocycles. The van der Waals surface area contributed by atoms with Crippen molar-refractivity contribution in [2.24, 2.45) is 0 Å². The van der Waals surface area contributed by atoms with Crippen LogP contribution in [-0.2, 0) is 4.74 Å². The van der Waals surface area contributed by atoms with Crippen LogP contribution in [0.5, 0.6) is 0 Å². The normalized spacial score (nSPS) is 13.0. The van der Waals surface area contributed by atoms with Crippen molar-refractivity contribution in [3.05, 3.63) is 12.2 Å². The van der Waals surface area contributed by atoms with Crippen molar-refractivity contribution in [2.45, 2.75) is 103 Å². The average Bonchev–Trinajstić information content (AvgIpc) is 2.60. The van der Waals surface area contributed by atoms with E-state index in [0.717, 1.165) is 6.42 Å². The van der Waals surface area contributed by atoms with E-state index in [9.17, 15) is 0 Å². The minimum absolute atomic E-state index is 0.214. The van der Waals surface area contributed by atoms with Gasteiger partial charge in [-0.05, 0) is 32.1 Å². The molecule has 0 spiro atoms. The molecule has 0 aromatic heterocycles. The Labute approximate surface area is 150 Å². The highest BCUT2D eigenvalue weighted by Gasteiger charge is 2.00. The summed E-state index contributed by atoms with van der Waals surface area (Å²) in [5.74, 6) is 0. The maximum Gasteiger partial charge on any atom is 0.100 e. The molecule has 0 amide bonds. The second-order valence-electron chi connectivity index (χ2n) is 6.85. The molecular formula is C21H42O3. The highest BCUT2D eigenvalue weighted by Crippen LogP contribution is 2.10. The zero-order valence-electron chi connectivity index (χ0n) is 16.1. The molecule has 0 saturated carbocycles. The van der Waals surface area contributed by atoms with Crippen LogP contribution in [-0.4, -0.2) is 36.1 Å². The monoisotopic (exact) mass is 342 g/mol. The quantitative estimate of drug-likeness (QED) is 0.244. The number of allylic oxidation sites excluding steroid dienone is 2. The van der Waals surface area contributed by atoms with Crippen LogP contribution >= 0.6 is 0 Å². The Morgan fingerprint density at radius 2 is 1.25 bits per heavy atom. The summed E-state index contributed by atoms with van der Waals surface area (Å²) in [6.45, 7) is 3.00. The van der Waals surface area contributed by atoms with Gasteiger partial charge < -0.3 is 14.9 Å². The lowest BCUT2D eigenvalue weighted by Crippen LogP contribution is -2.19. The van der Waals surface area contributed by atoms with Crippen molar-refractivity contribution in [2.75, 3.05) is 19.8 Å². The van der Waals surface area contributed by atoms with Crippen LogP contribution < -0.4 is 0 Å². The molecule has 1 atom stereocenters. The summed E-state index contributed by atoms with van der Waals surface area (Å²) in [6.07, 6.45) is 22.3. The Morgan fingerprint density at radius 1 is 0.750 bits per heavy atom. The Bertz CT molecular complexity index is 253. The summed E-state index contributed by atoms with van der Waals surface area (Å²) in [7, 11) is 0. The number of aliphatic hydroxyl groups excluding tert-OH is 2. The standard InChI is InChI=1S/C21H42O3/c1-2-3-4-5-6-7-8-9-10-11-12-13-14-15-16-17-18-24-20-21(23)19-22/h7-8,21-23H,2-6,9-20H2,1H3/b8-7+. The fourth-order valence-corrected chi connectivity index (χ4v) is 2.72. The lowest BCUT2D eigenvalue weighted by atomic mass is 10.1. The zero-order valence-corrected chi connectivity index (χ0v) is 16.1. The van der Waals surface area contributed by atoms with Gasteiger partial charge in [-0.2, -0.15) is 0 Å². The third kappa shape index (κ3) is 19.7. The van der Waals surface area contributed by atoms with Gasteiger partial charge >= 0.3 is 0 Å². The van der Waals surface area contributed by atoms with E-state index in [4.69, 9.17) is 14.9 Å². The van der Waals surface area contributed by atoms with Gasteiger partial charge in [0.15, 0.2) is 0 Å². The summed E-state index contributed by atoms with van der Waals surface area (Å²) in [4.78, 5) is 0. The van der Waals surface area contributed by atoms with Crippen LogP contribution in [0.3, 0.4) is 0 Å². The van der Waals surface area contributed by atoms with Crippen molar-refractivity contribution in [3.63, 3.8) is 0 Å². The van der Waals surface area contributed by atoms with Gasteiger partial charge in [-0.1, -0.05) is 76.9 Å². The van der Waals surface area contributed by atoms with Crippen molar-refractivity contribution >= 4 is 0 Å². The van der Waals surface area contributed by atoms with Gasteiger partial charge in [0.05, 0.1) is 13.2 Å². The van der Waals surface area contributed by atoms with Gasteiger partial charge in [0.2, 0.25) is 0 Å². The van der Waals surface area contributed by atoms with Crippen LogP contribution in [0.1, 0.15) is 96.8 Å². The molecule has 1 unspecified atom stereocenters. The van der Waals surface area contributed by atoms with E-state index in [1.165, 1.54) is 83.5 Å². The van der Waals surface area contributed by atoms with Gasteiger partial charge in [0.1, 0.15) is 6.10 Å². The topological polar surface area (TPSA) is 49.7 Å². The number of unbranched alkanes of at least 4 members (excludes halogenated alkanes) is 12. The predicted molar refractivity (Wildman–Crippen MR) is 103 cm³/mol. The van der Waals surface area contributed by atoms with Gasteiger partial charge in [-0.25, -0.2) is 0 Å². The summed E-state index contributed by atoms with van der Waals surface area (Å²) < 4.78 is 5.29. The molecule has 0 bridgehead atoms. The molecule has 0 aliphatic heterocycles. The van der Waals surface area contributed by atoms with Gasteiger partial charge in [0.25, 0.3) is 0 Å². The molecule has 24 heavy (non-hydrogen) atoms. The van der Waals surface area contributed by atoms with Crippen LogP contribution in [0.15, 0.2) is 12.2 Å². The Hall–Kier alpha value is -0.380. The van der Waals surface area contributed by atoms with Crippen LogP contribution in [0.4, 0.5) is 0 Å². The minimum Gasteiger partial charge on any atom is -0.394 e. The molecule has 3 nitrogen and oxygen atoms in total. The minimum atomic E-state index is -0.721. The molecule has 0 radical (unpaired) electrons. The van der Waals surface area contributed by atoms with E-state index in [-0.39, 0.29) is 13.2 Å². The Kier molecular flexibility index (Phi) is 20.3. The molecule has 0 fully saturated rings. The van der Waals surface area contributed by atoms with Gasteiger partial charge in [0, 0.05) is 6.61 Å². The van der Waals surface area contributed by atoms with Crippen molar-refractivity contribution in [3.8, 4) is 0 Å². The van der Waals surface area contributed by atoms with Gasteiger partial charge in [-0.3, -0.25) is 0 Å². The molecule has 0 saturated heterocycles. The number of aliphatic hydroxyl groups is 2. The molecule has 2 N–H and O–H groups in total. The van der Waals surface area contributed by atoms with Gasteiger partial charge in [-0.15, -0.1) is 0 Å². The summed E-state index contributed by atoms with van der Waals surface area (Å²) in [6, 6.07) is 0. The van der Waals surface area contributed by atoms with E-state index >= 15 is 0 Å². The Balaban J connectivity index is 3.06. The van der Waals surface area contributed by atoms with Crippen LogP contribution in [0, 0.1) is 0 Å². The van der Waals surface area contributed by atoms with E-state index < -0.39 is 6.10 Å². The summed E-state index contributed by atoms with van der Waals surface area (Å²) in [5, 5.41) is 17.8. The first-order valence-electron chi connectivity index (χ1n) is 10.3. The van der Waals surface area contributed by atoms with Crippen molar-refractivity contribution in [1.29, 1.82) is 0 Å². The molecule has 3 heteroatoms. The van der Waals surface area contributed by atoms with E-state index in [1.807, 2.05) is 0 Å². The lowest BCUT2D eigenvalue weighted by Gasteiger charge is -2.07. The van der Waals surface area contributed by atoms with E-state index in [0.29, 0.717) is 6.61 Å². The van der Waals surface area contributed by atoms with Crippen LogP contribution in [0.25, 0.3) is 0 Å². The second kappa shape index (κ2) is 20.7. The maximum absolute atomic E-state index is 9.11. The third-order valence-corrected chi connectivity index (χ3v) is 4.32. The third-order valence-electron chi connectivity index (χ3n) is 4.32. The predicted octanol–water partition coefficient (Wildman–Crippen LogP) is 5.39. The highest BCUT2D eigenvalue weighted by molar-refractivity contribution is 4.81. The van der Waals surface area contributed by atoms with E-state index in [2.05, 4.69) is 19.1 Å². The van der Waals surface area contributed by atoms with Crippen molar-refractivity contribution in [1.82, 2.24) is 0 Å². The lowest BCUT2D eigenvalue weighted by molar-refractivity contribution is 0.00526. The van der Waals surface area contributed by atoms with Crippen molar-refractivity contribution < 1.29 is 14.9 Å². The number of rotatable bonds is 19. The molecule has 144 valence electrons. The molecule has 0 aromatic rings. The maximum atomic E-state index is 9.11. The first kappa shape index (κ1) is 23.6. The van der Waals surface area contributed by atoms with E-state index in [1.54, 1.807) is 0 Å². The molecule has 0 aliphatic rings. The first-order chi connectivity index (χ1) is 11.8. The smallest absolute Gasteiger partial charge is 0.100 e. The fraction of sp³-hybridized carbons (Fsp3) is 0.905. The summed E-state index contributed by atoms with van der Waals surface area (Å²) >= 11 is 0. The molecule has 0 rings (SSSR count). The first-order valence-corrected chi connectivity index (χ1v) is 10.3. The number of ether oxygens (including phenoxy) is 1. The SMILES string of the molecule is CCCCCC/C=C/CCCCCCCCCCOCC(O)CO. The van der Waals surface area contributed by atoms with Crippen LogP contribution in [0.2, 0.25) is 0 Å². The average molecular weight is 343 g/mol. The molecule has 0 aromatic carbocycles. The molecular weight excluding hydrogens is 300 g/mol. The zero-order chi connectivity index (χ0) is 17.7. The number of hydrogen-bond donors (Lipinski definition) is 2. The number of hydrogen-bond acceptors (Lipinski definition) is 3. The molecule has 0 aliphatic carbocycles. The second-order valence-corrected chi connectivity index (χ2v) is 6.85.